The maximum Gasteiger partial charge on any atom is 0.410 e. The van der Waals surface area contributed by atoms with E-state index in [1.54, 1.807) is 58.4 Å². The van der Waals surface area contributed by atoms with Crippen LogP contribution in [0.1, 0.15) is 81.1 Å². The molecule has 12 nitrogen and oxygen atoms in total. The SMILES string of the molecule is CC[C@H](C)[C@H]1C(=O)N([C@@H](CCCCNC(=O)OC(C)(C)C)C(=O)N2CCN(C(=O)OC(C)(C)C)CC2)CC(=O)N1C. The van der Waals surface area contributed by atoms with E-state index in [4.69, 9.17) is 9.47 Å². The Balaban J connectivity index is 2.13. The number of likely N-dealkylation sites (N-methyl/N-ethyl adjacent to an activating group) is 1. The molecule has 1 N–H and O–H groups in total. The number of nitrogens with one attached hydrogen (secondary N) is 1. The number of carbonyl (C=O) groups excluding carboxylic acids is 5. The highest BCUT2D eigenvalue weighted by Gasteiger charge is 2.45. The average molecular weight is 582 g/mol. The van der Waals surface area contributed by atoms with Crippen LogP contribution in [-0.2, 0) is 23.9 Å². The highest BCUT2D eigenvalue weighted by molar-refractivity contribution is 5.98. The van der Waals surface area contributed by atoms with Crippen LogP contribution in [-0.4, -0.2) is 119 Å². The summed E-state index contributed by atoms with van der Waals surface area (Å²) in [5.41, 5.74) is -1.22. The first-order valence-electron chi connectivity index (χ1n) is 14.7. The number of piperazine rings is 2. The number of ether oxygens (including phenoxy) is 2. The Hall–Kier alpha value is -3.05. The largest absolute Gasteiger partial charge is 0.444 e. The molecule has 0 bridgehead atoms. The molecule has 2 saturated heterocycles. The van der Waals surface area contributed by atoms with Crippen LogP contribution in [0.25, 0.3) is 0 Å². The second-order valence-electron chi connectivity index (χ2n) is 13.0. The van der Waals surface area contributed by atoms with Crippen LogP contribution < -0.4 is 5.32 Å². The van der Waals surface area contributed by atoms with Gasteiger partial charge in [0.15, 0.2) is 0 Å². The molecular formula is C29H51N5O7. The molecule has 2 aliphatic heterocycles. The number of amides is 5. The van der Waals surface area contributed by atoms with E-state index in [0.717, 1.165) is 0 Å². The van der Waals surface area contributed by atoms with Crippen molar-refractivity contribution < 1.29 is 33.4 Å². The van der Waals surface area contributed by atoms with Crippen LogP contribution in [0.4, 0.5) is 9.59 Å². The van der Waals surface area contributed by atoms with Gasteiger partial charge in [0.1, 0.15) is 29.8 Å². The maximum atomic E-state index is 13.9. The fourth-order valence-electron chi connectivity index (χ4n) is 4.96. The Labute approximate surface area is 245 Å². The molecule has 234 valence electrons. The van der Waals surface area contributed by atoms with E-state index in [0.29, 0.717) is 58.4 Å². The predicted molar refractivity (Wildman–Crippen MR) is 154 cm³/mol. The molecule has 0 aliphatic carbocycles. The second-order valence-corrected chi connectivity index (χ2v) is 13.0. The van der Waals surface area contributed by atoms with Gasteiger partial charge in [-0.15, -0.1) is 0 Å². The number of hydrogen-bond acceptors (Lipinski definition) is 7. The van der Waals surface area contributed by atoms with Crippen molar-refractivity contribution in [2.75, 3.05) is 46.3 Å². The van der Waals surface area contributed by atoms with Crippen molar-refractivity contribution in [3.05, 3.63) is 0 Å². The topological polar surface area (TPSA) is 129 Å². The Bertz CT molecular complexity index is 950. The van der Waals surface area contributed by atoms with Crippen molar-refractivity contribution in [2.45, 2.75) is 104 Å². The van der Waals surface area contributed by atoms with Gasteiger partial charge >= 0.3 is 12.2 Å². The van der Waals surface area contributed by atoms with Crippen LogP contribution in [0.3, 0.4) is 0 Å². The number of rotatable bonds is 9. The van der Waals surface area contributed by atoms with Crippen molar-refractivity contribution in [1.82, 2.24) is 24.9 Å². The fourth-order valence-corrected chi connectivity index (χ4v) is 4.96. The van der Waals surface area contributed by atoms with E-state index in [1.165, 1.54) is 9.80 Å². The number of alkyl carbamates (subject to hydrolysis) is 1. The summed E-state index contributed by atoms with van der Waals surface area (Å²) in [6.07, 6.45) is 1.24. The third-order valence-corrected chi connectivity index (χ3v) is 7.31. The third-order valence-electron chi connectivity index (χ3n) is 7.31. The lowest BCUT2D eigenvalue weighted by molar-refractivity contribution is -0.163. The van der Waals surface area contributed by atoms with E-state index in [2.05, 4.69) is 5.32 Å². The van der Waals surface area contributed by atoms with Gasteiger partial charge in [0, 0.05) is 39.8 Å². The Kier molecular flexibility index (Phi) is 11.8. The van der Waals surface area contributed by atoms with Crippen LogP contribution >= 0.6 is 0 Å². The van der Waals surface area contributed by atoms with E-state index < -0.39 is 35.5 Å². The zero-order chi connectivity index (χ0) is 31.1. The summed E-state index contributed by atoms with van der Waals surface area (Å²) in [6, 6.07) is -1.45. The molecule has 0 aromatic rings. The summed E-state index contributed by atoms with van der Waals surface area (Å²) in [5, 5.41) is 2.72. The fraction of sp³-hybridized carbons (Fsp3) is 0.828. The number of carbonyl (C=O) groups is 5. The molecule has 3 atom stereocenters. The summed E-state index contributed by atoms with van der Waals surface area (Å²) < 4.78 is 10.7. The monoisotopic (exact) mass is 581 g/mol. The van der Waals surface area contributed by atoms with Crippen LogP contribution in [0.2, 0.25) is 0 Å². The van der Waals surface area contributed by atoms with Gasteiger partial charge < -0.3 is 34.4 Å². The lowest BCUT2D eigenvalue weighted by Crippen LogP contribution is -2.65. The third kappa shape index (κ3) is 10.1. The average Bonchev–Trinajstić information content (AvgIpc) is 2.86. The van der Waals surface area contributed by atoms with Gasteiger partial charge in [-0.3, -0.25) is 14.4 Å². The lowest BCUT2D eigenvalue weighted by atomic mass is 9.93. The highest BCUT2D eigenvalue weighted by atomic mass is 16.6. The van der Waals surface area contributed by atoms with Crippen LogP contribution in [0.5, 0.6) is 0 Å². The predicted octanol–water partition coefficient (Wildman–Crippen LogP) is 2.84. The van der Waals surface area contributed by atoms with Gasteiger partial charge in [-0.25, -0.2) is 9.59 Å². The Morgan fingerprint density at radius 1 is 0.927 bits per heavy atom. The molecule has 2 rings (SSSR count). The van der Waals surface area contributed by atoms with Gasteiger partial charge in [0.2, 0.25) is 17.7 Å². The zero-order valence-electron chi connectivity index (χ0n) is 26.4. The molecule has 2 fully saturated rings. The molecule has 12 heteroatoms. The normalized spacial score (nSPS) is 20.1. The van der Waals surface area contributed by atoms with Crippen molar-refractivity contribution in [1.29, 1.82) is 0 Å². The summed E-state index contributed by atoms with van der Waals surface area (Å²) >= 11 is 0. The van der Waals surface area contributed by atoms with E-state index >= 15 is 0 Å². The minimum Gasteiger partial charge on any atom is -0.444 e. The highest BCUT2D eigenvalue weighted by Crippen LogP contribution is 2.25. The summed E-state index contributed by atoms with van der Waals surface area (Å²) in [7, 11) is 1.64. The zero-order valence-corrected chi connectivity index (χ0v) is 26.4. The van der Waals surface area contributed by atoms with Crippen molar-refractivity contribution in [2.24, 2.45) is 5.92 Å². The van der Waals surface area contributed by atoms with Gasteiger partial charge in [0.05, 0.1) is 0 Å². The van der Waals surface area contributed by atoms with Crippen molar-refractivity contribution >= 4 is 29.9 Å². The molecule has 5 amide bonds. The Morgan fingerprint density at radius 2 is 1.49 bits per heavy atom. The smallest absolute Gasteiger partial charge is 0.410 e. The molecular weight excluding hydrogens is 530 g/mol. The molecule has 0 spiro atoms. The lowest BCUT2D eigenvalue weighted by Gasteiger charge is -2.45. The first-order chi connectivity index (χ1) is 18.9. The van der Waals surface area contributed by atoms with E-state index in [9.17, 15) is 24.0 Å². The molecule has 2 aliphatic rings. The minimum atomic E-state index is -0.818. The summed E-state index contributed by atoms with van der Waals surface area (Å²) in [4.78, 5) is 71.3. The first kappa shape index (κ1) is 34.2. The number of nitrogens with zero attached hydrogens (tertiary/aromatic N) is 4. The number of hydrogen-bond donors (Lipinski definition) is 1. The van der Waals surface area contributed by atoms with Gasteiger partial charge in [-0.1, -0.05) is 20.3 Å². The Morgan fingerprint density at radius 3 is 2.02 bits per heavy atom. The molecule has 41 heavy (non-hydrogen) atoms. The standard InChI is InChI=1S/C29H51N5O7/c1-10-20(2)23-25(37)34(19-22(35)31(23)9)21(13-11-12-14-30-26(38)40-28(3,4)5)24(36)32-15-17-33(18-16-32)27(39)41-29(6,7)8/h20-21,23H,10-19H2,1-9H3,(H,30,38)/t20-,21-,23-/m0/s1. The first-order valence-corrected chi connectivity index (χ1v) is 14.7. The van der Waals surface area contributed by atoms with Crippen LogP contribution in [0.15, 0.2) is 0 Å². The molecule has 0 unspecified atom stereocenters. The van der Waals surface area contributed by atoms with Gasteiger partial charge in [-0.2, -0.15) is 0 Å². The van der Waals surface area contributed by atoms with Crippen molar-refractivity contribution in [3.8, 4) is 0 Å². The molecule has 2 heterocycles. The second kappa shape index (κ2) is 14.2. The van der Waals surface area contributed by atoms with E-state index in [1.807, 2.05) is 13.8 Å². The summed E-state index contributed by atoms with van der Waals surface area (Å²) in [5.74, 6) is -0.721. The van der Waals surface area contributed by atoms with Crippen LogP contribution in [0, 0.1) is 5.92 Å². The minimum absolute atomic E-state index is 0.0644. The summed E-state index contributed by atoms with van der Waals surface area (Å²) in [6.45, 7) is 16.1. The number of unbranched alkanes of at least 4 members (excludes halogenated alkanes) is 1. The molecule has 0 aromatic heterocycles. The van der Waals surface area contributed by atoms with Gasteiger partial charge in [-0.05, 0) is 66.7 Å². The quantitative estimate of drug-likeness (QED) is 0.415. The van der Waals surface area contributed by atoms with E-state index in [-0.39, 0.29) is 30.2 Å². The maximum absolute atomic E-state index is 13.9. The molecule has 0 aromatic carbocycles. The van der Waals surface area contributed by atoms with Gasteiger partial charge in [0.25, 0.3) is 0 Å². The molecule has 0 saturated carbocycles. The molecule has 0 radical (unpaired) electrons. The van der Waals surface area contributed by atoms with Crippen molar-refractivity contribution in [3.63, 3.8) is 0 Å².